The first kappa shape index (κ1) is 24.2. The first-order valence-electron chi connectivity index (χ1n) is 11.3. The SMILES string of the molecule is CC(C)(c1ccccc1)c1ccc(OCC(=O)N(c2ccccc2)S(=O)(=O)c2ccccc2)cc1. The summed E-state index contributed by atoms with van der Waals surface area (Å²) in [5.74, 6) is -0.204. The summed E-state index contributed by atoms with van der Waals surface area (Å²) < 4.78 is 33.2. The minimum absolute atomic E-state index is 0.0321. The second-order valence-electron chi connectivity index (χ2n) is 8.62. The predicted molar refractivity (Wildman–Crippen MR) is 138 cm³/mol. The average molecular weight is 486 g/mol. The lowest BCUT2D eigenvalue weighted by atomic mass is 9.78. The number of sulfonamides is 1. The fourth-order valence-electron chi connectivity index (χ4n) is 3.87. The maximum Gasteiger partial charge on any atom is 0.278 e. The van der Waals surface area contributed by atoms with Gasteiger partial charge in [0.1, 0.15) is 5.75 Å². The van der Waals surface area contributed by atoms with Crippen molar-refractivity contribution in [1.82, 2.24) is 0 Å². The first-order valence-corrected chi connectivity index (χ1v) is 12.7. The number of carbonyl (C=O) groups is 1. The van der Waals surface area contributed by atoms with E-state index < -0.39 is 22.5 Å². The first-order chi connectivity index (χ1) is 16.8. The maximum absolute atomic E-state index is 13.3. The van der Waals surface area contributed by atoms with Crippen molar-refractivity contribution in [2.45, 2.75) is 24.2 Å². The molecule has 35 heavy (non-hydrogen) atoms. The number of hydrogen-bond donors (Lipinski definition) is 0. The van der Waals surface area contributed by atoms with E-state index in [1.54, 1.807) is 60.7 Å². The van der Waals surface area contributed by atoms with Crippen LogP contribution in [0.2, 0.25) is 0 Å². The molecule has 0 bridgehead atoms. The van der Waals surface area contributed by atoms with Crippen molar-refractivity contribution < 1.29 is 17.9 Å². The minimum atomic E-state index is -4.11. The zero-order chi connectivity index (χ0) is 24.9. The Hall–Kier alpha value is -3.90. The molecule has 0 aromatic heterocycles. The van der Waals surface area contributed by atoms with E-state index in [2.05, 4.69) is 26.0 Å². The van der Waals surface area contributed by atoms with Crippen LogP contribution >= 0.6 is 0 Å². The Kier molecular flexibility index (Phi) is 7.03. The van der Waals surface area contributed by atoms with Crippen LogP contribution in [0.5, 0.6) is 5.75 Å². The number of anilines is 1. The van der Waals surface area contributed by atoms with Crippen molar-refractivity contribution in [2.75, 3.05) is 10.9 Å². The highest BCUT2D eigenvalue weighted by atomic mass is 32.2. The molecule has 0 spiro atoms. The third-order valence-electron chi connectivity index (χ3n) is 5.93. The van der Waals surface area contributed by atoms with E-state index in [9.17, 15) is 13.2 Å². The molecule has 0 saturated carbocycles. The molecule has 6 heteroatoms. The second kappa shape index (κ2) is 10.2. The summed E-state index contributed by atoms with van der Waals surface area (Å²) in [4.78, 5) is 13.2. The molecular formula is C29H27NO4S. The van der Waals surface area contributed by atoms with Gasteiger partial charge in [0.05, 0.1) is 10.6 Å². The molecule has 4 aromatic carbocycles. The maximum atomic E-state index is 13.3. The van der Waals surface area contributed by atoms with Crippen LogP contribution in [-0.4, -0.2) is 20.9 Å². The zero-order valence-corrected chi connectivity index (χ0v) is 20.5. The van der Waals surface area contributed by atoms with Crippen LogP contribution in [0, 0.1) is 0 Å². The van der Waals surface area contributed by atoms with Gasteiger partial charge in [-0.25, -0.2) is 8.42 Å². The molecule has 1 amide bonds. The number of rotatable bonds is 8. The summed E-state index contributed by atoms with van der Waals surface area (Å²) in [5, 5.41) is 0. The summed E-state index contributed by atoms with van der Waals surface area (Å²) in [5.41, 5.74) is 2.34. The van der Waals surface area contributed by atoms with Gasteiger partial charge in [-0.2, -0.15) is 4.31 Å². The van der Waals surface area contributed by atoms with E-state index in [4.69, 9.17) is 4.74 Å². The van der Waals surface area contributed by atoms with E-state index in [1.807, 2.05) is 30.3 Å². The number of nitrogens with zero attached hydrogens (tertiary/aromatic N) is 1. The van der Waals surface area contributed by atoms with Gasteiger partial charge in [0.2, 0.25) is 0 Å². The Morgan fingerprint density at radius 1 is 0.714 bits per heavy atom. The van der Waals surface area contributed by atoms with Crippen LogP contribution in [0.3, 0.4) is 0 Å². The summed E-state index contributed by atoms with van der Waals surface area (Å²) >= 11 is 0. The second-order valence-corrected chi connectivity index (χ2v) is 10.4. The van der Waals surface area contributed by atoms with Crippen LogP contribution in [0.25, 0.3) is 0 Å². The molecule has 0 saturated heterocycles. The Balaban J connectivity index is 1.53. The Morgan fingerprint density at radius 3 is 1.77 bits per heavy atom. The molecule has 0 aliphatic carbocycles. The summed E-state index contributed by atoms with van der Waals surface area (Å²) in [7, 11) is -4.11. The smallest absolute Gasteiger partial charge is 0.278 e. The predicted octanol–water partition coefficient (Wildman–Crippen LogP) is 5.81. The van der Waals surface area contributed by atoms with Crippen molar-refractivity contribution in [3.8, 4) is 5.75 Å². The molecule has 178 valence electrons. The molecule has 4 aromatic rings. The number of ether oxygens (including phenoxy) is 1. The van der Waals surface area contributed by atoms with E-state index in [1.165, 1.54) is 17.7 Å². The van der Waals surface area contributed by atoms with Gasteiger partial charge in [-0.3, -0.25) is 4.79 Å². The third-order valence-corrected chi connectivity index (χ3v) is 7.70. The van der Waals surface area contributed by atoms with Gasteiger partial charge in [-0.15, -0.1) is 0 Å². The highest BCUT2D eigenvalue weighted by Crippen LogP contribution is 2.32. The van der Waals surface area contributed by atoms with E-state index >= 15 is 0 Å². The lowest BCUT2D eigenvalue weighted by Gasteiger charge is -2.26. The van der Waals surface area contributed by atoms with Gasteiger partial charge in [0.15, 0.2) is 6.61 Å². The normalized spacial score (nSPS) is 11.6. The van der Waals surface area contributed by atoms with Crippen LogP contribution in [0.15, 0.2) is 120 Å². The van der Waals surface area contributed by atoms with Gasteiger partial charge >= 0.3 is 0 Å². The number of para-hydroxylation sites is 1. The van der Waals surface area contributed by atoms with Crippen LogP contribution in [0.1, 0.15) is 25.0 Å². The molecule has 0 N–H and O–H groups in total. The topological polar surface area (TPSA) is 63.7 Å². The van der Waals surface area contributed by atoms with Gasteiger partial charge in [-0.1, -0.05) is 92.7 Å². The van der Waals surface area contributed by atoms with E-state index in [-0.39, 0.29) is 16.0 Å². The Bertz CT molecular complexity index is 1370. The lowest BCUT2D eigenvalue weighted by molar-refractivity contribution is -0.119. The average Bonchev–Trinajstić information content (AvgIpc) is 2.89. The van der Waals surface area contributed by atoms with Crippen LogP contribution < -0.4 is 9.04 Å². The lowest BCUT2D eigenvalue weighted by Crippen LogP contribution is -2.40. The van der Waals surface area contributed by atoms with E-state index in [0.717, 1.165) is 9.87 Å². The molecule has 0 aliphatic heterocycles. The summed E-state index contributed by atoms with van der Waals surface area (Å²) in [6, 6.07) is 33.9. The van der Waals surface area contributed by atoms with Crippen LogP contribution in [-0.2, 0) is 20.2 Å². The quantitative estimate of drug-likeness (QED) is 0.316. The number of carbonyl (C=O) groups excluding carboxylic acids is 1. The van der Waals surface area contributed by atoms with Crippen LogP contribution in [0.4, 0.5) is 5.69 Å². The fourth-order valence-corrected chi connectivity index (χ4v) is 5.30. The summed E-state index contributed by atoms with van der Waals surface area (Å²) in [6.45, 7) is 3.87. The molecule has 0 heterocycles. The Labute approximate surface area is 206 Å². The summed E-state index contributed by atoms with van der Waals surface area (Å²) in [6.07, 6.45) is 0. The minimum Gasteiger partial charge on any atom is -0.484 e. The van der Waals surface area contributed by atoms with Crippen molar-refractivity contribution >= 4 is 21.6 Å². The van der Waals surface area contributed by atoms with Crippen molar-refractivity contribution in [3.63, 3.8) is 0 Å². The highest BCUT2D eigenvalue weighted by molar-refractivity contribution is 7.93. The van der Waals surface area contributed by atoms with Gasteiger partial charge in [0.25, 0.3) is 15.9 Å². The number of hydrogen-bond acceptors (Lipinski definition) is 4. The molecule has 4 rings (SSSR count). The molecule has 0 radical (unpaired) electrons. The third kappa shape index (κ3) is 5.28. The van der Waals surface area contributed by atoms with Crippen molar-refractivity contribution in [3.05, 3.63) is 126 Å². The van der Waals surface area contributed by atoms with Gasteiger partial charge in [-0.05, 0) is 47.5 Å². The molecule has 0 atom stereocenters. The number of benzene rings is 4. The van der Waals surface area contributed by atoms with Gasteiger partial charge < -0.3 is 4.74 Å². The zero-order valence-electron chi connectivity index (χ0n) is 19.7. The monoisotopic (exact) mass is 485 g/mol. The fraction of sp³-hybridized carbons (Fsp3) is 0.138. The number of amides is 1. The molecule has 0 unspecified atom stereocenters. The molecular weight excluding hydrogens is 458 g/mol. The van der Waals surface area contributed by atoms with E-state index in [0.29, 0.717) is 5.75 Å². The molecule has 5 nitrogen and oxygen atoms in total. The van der Waals surface area contributed by atoms with Gasteiger partial charge in [0, 0.05) is 5.41 Å². The largest absolute Gasteiger partial charge is 0.484 e. The molecule has 0 fully saturated rings. The van der Waals surface area contributed by atoms with Crippen molar-refractivity contribution in [2.24, 2.45) is 0 Å². The highest BCUT2D eigenvalue weighted by Gasteiger charge is 2.31. The molecule has 0 aliphatic rings. The van der Waals surface area contributed by atoms with Crippen molar-refractivity contribution in [1.29, 1.82) is 0 Å². The standard InChI is InChI=1S/C29H27NO4S/c1-29(2,23-12-6-3-7-13-23)24-18-20-26(21-19-24)34-22-28(31)30(25-14-8-4-9-15-25)35(32,33)27-16-10-5-11-17-27/h3-21H,22H2,1-2H3. The Morgan fingerprint density at radius 2 is 1.20 bits per heavy atom.